The Morgan fingerprint density at radius 2 is 1.83 bits per heavy atom. The first-order valence-corrected chi connectivity index (χ1v) is 10.6. The van der Waals surface area contributed by atoms with E-state index in [-0.39, 0.29) is 24.0 Å². The molecule has 29 heavy (non-hydrogen) atoms. The fraction of sp³-hybridized carbons (Fsp3) is 0.750. The van der Waals surface area contributed by atoms with Gasteiger partial charge in [0.1, 0.15) is 0 Å². The summed E-state index contributed by atoms with van der Waals surface area (Å²) >= 11 is 0. The molecule has 1 aromatic heterocycles. The maximum absolute atomic E-state index is 5.74. The summed E-state index contributed by atoms with van der Waals surface area (Å²) in [6, 6.07) is 1.86. The number of aliphatic imine (C=N–C) groups is 1. The molecular formula is C20H36IN7O. The zero-order valence-corrected chi connectivity index (χ0v) is 20.1. The molecule has 2 saturated heterocycles. The number of piperazine rings is 1. The highest BCUT2D eigenvalue weighted by molar-refractivity contribution is 14.0. The van der Waals surface area contributed by atoms with Crippen molar-refractivity contribution in [3.63, 3.8) is 0 Å². The van der Waals surface area contributed by atoms with E-state index in [0.29, 0.717) is 6.10 Å². The van der Waals surface area contributed by atoms with Crippen molar-refractivity contribution in [2.24, 2.45) is 4.99 Å². The highest BCUT2D eigenvalue weighted by Crippen LogP contribution is 2.14. The maximum atomic E-state index is 5.74. The standard InChI is InChI=1S/C20H35N7O.HI/c1-3-28-18-6-12-26(13-7-18)19(21-2)22-10-5-11-25-14-16-27(17-15-25)20-23-8-4-9-24-20;/h4,8-9,18H,3,5-7,10-17H2,1-2H3,(H,21,22);1H. The van der Waals surface area contributed by atoms with Gasteiger partial charge in [0.2, 0.25) is 5.95 Å². The summed E-state index contributed by atoms with van der Waals surface area (Å²) in [5.74, 6) is 1.88. The smallest absolute Gasteiger partial charge is 0.225 e. The quantitative estimate of drug-likeness (QED) is 0.256. The molecular weight excluding hydrogens is 481 g/mol. The maximum Gasteiger partial charge on any atom is 0.225 e. The van der Waals surface area contributed by atoms with E-state index in [1.54, 1.807) is 0 Å². The Morgan fingerprint density at radius 3 is 2.45 bits per heavy atom. The number of nitrogens with zero attached hydrogens (tertiary/aromatic N) is 6. The van der Waals surface area contributed by atoms with Crippen molar-refractivity contribution in [1.29, 1.82) is 0 Å². The predicted molar refractivity (Wildman–Crippen MR) is 128 cm³/mol. The van der Waals surface area contributed by atoms with Crippen molar-refractivity contribution >= 4 is 35.9 Å². The number of nitrogens with one attached hydrogen (secondary N) is 1. The first kappa shape index (κ1) is 24.1. The summed E-state index contributed by atoms with van der Waals surface area (Å²) in [5, 5.41) is 3.54. The van der Waals surface area contributed by atoms with Crippen molar-refractivity contribution in [3.8, 4) is 0 Å². The van der Waals surface area contributed by atoms with Crippen molar-refractivity contribution < 1.29 is 4.74 Å². The van der Waals surface area contributed by atoms with Crippen LogP contribution in [0.1, 0.15) is 26.2 Å². The van der Waals surface area contributed by atoms with Crippen LogP contribution in [-0.4, -0.2) is 97.8 Å². The molecule has 1 aromatic rings. The molecule has 164 valence electrons. The monoisotopic (exact) mass is 517 g/mol. The van der Waals surface area contributed by atoms with Gasteiger partial charge < -0.3 is 19.9 Å². The van der Waals surface area contributed by atoms with Gasteiger partial charge in [-0.2, -0.15) is 0 Å². The molecule has 0 aliphatic carbocycles. The van der Waals surface area contributed by atoms with Crippen molar-refractivity contribution in [2.45, 2.75) is 32.3 Å². The molecule has 0 radical (unpaired) electrons. The fourth-order valence-corrected chi connectivity index (χ4v) is 3.93. The second-order valence-electron chi connectivity index (χ2n) is 7.35. The Hall–Kier alpha value is -1.20. The van der Waals surface area contributed by atoms with Crippen molar-refractivity contribution in [3.05, 3.63) is 18.5 Å². The first-order chi connectivity index (χ1) is 13.8. The first-order valence-electron chi connectivity index (χ1n) is 10.6. The van der Waals surface area contributed by atoms with Gasteiger partial charge in [-0.15, -0.1) is 24.0 Å². The molecule has 9 heteroatoms. The van der Waals surface area contributed by atoms with Crippen LogP contribution >= 0.6 is 24.0 Å². The van der Waals surface area contributed by atoms with Crippen LogP contribution in [0.5, 0.6) is 0 Å². The summed E-state index contributed by atoms with van der Waals surface area (Å²) in [6.45, 7) is 11.1. The summed E-state index contributed by atoms with van der Waals surface area (Å²) < 4.78 is 5.74. The highest BCUT2D eigenvalue weighted by atomic mass is 127. The molecule has 0 aromatic carbocycles. The van der Waals surface area contributed by atoms with E-state index in [0.717, 1.165) is 90.1 Å². The van der Waals surface area contributed by atoms with E-state index in [1.165, 1.54) is 0 Å². The van der Waals surface area contributed by atoms with Gasteiger partial charge in [0, 0.05) is 71.9 Å². The number of halogens is 1. The number of piperidine rings is 1. The van der Waals surface area contributed by atoms with Gasteiger partial charge in [0.25, 0.3) is 0 Å². The molecule has 2 aliphatic rings. The van der Waals surface area contributed by atoms with E-state index >= 15 is 0 Å². The third-order valence-electron chi connectivity index (χ3n) is 5.50. The Labute approximate surface area is 192 Å². The van der Waals surface area contributed by atoms with E-state index in [4.69, 9.17) is 4.74 Å². The third-order valence-corrected chi connectivity index (χ3v) is 5.50. The van der Waals surface area contributed by atoms with E-state index in [9.17, 15) is 0 Å². The molecule has 2 fully saturated rings. The number of ether oxygens (including phenoxy) is 1. The zero-order valence-electron chi connectivity index (χ0n) is 17.8. The van der Waals surface area contributed by atoms with Gasteiger partial charge >= 0.3 is 0 Å². The number of aromatic nitrogens is 2. The highest BCUT2D eigenvalue weighted by Gasteiger charge is 2.22. The van der Waals surface area contributed by atoms with Crippen LogP contribution in [0.25, 0.3) is 0 Å². The molecule has 3 heterocycles. The molecule has 3 rings (SSSR count). The number of hydrogen-bond donors (Lipinski definition) is 1. The van der Waals surface area contributed by atoms with Crippen molar-refractivity contribution in [1.82, 2.24) is 25.1 Å². The molecule has 0 saturated carbocycles. The zero-order chi connectivity index (χ0) is 19.6. The van der Waals surface area contributed by atoms with Gasteiger partial charge in [-0.3, -0.25) is 9.89 Å². The summed E-state index contributed by atoms with van der Waals surface area (Å²) in [5.41, 5.74) is 0. The second kappa shape index (κ2) is 13.2. The van der Waals surface area contributed by atoms with Crippen LogP contribution in [0.2, 0.25) is 0 Å². The Kier molecular flexibility index (Phi) is 10.9. The molecule has 0 spiro atoms. The molecule has 0 unspecified atom stereocenters. The van der Waals surface area contributed by atoms with Gasteiger partial charge in [-0.1, -0.05) is 0 Å². The lowest BCUT2D eigenvalue weighted by molar-refractivity contribution is 0.0264. The summed E-state index contributed by atoms with van der Waals surface area (Å²) in [6.07, 6.45) is 7.34. The normalized spacial score (nSPS) is 19.2. The average Bonchev–Trinajstić information content (AvgIpc) is 2.76. The van der Waals surface area contributed by atoms with Crippen LogP contribution in [0.3, 0.4) is 0 Å². The van der Waals surface area contributed by atoms with Crippen molar-refractivity contribution in [2.75, 3.05) is 70.9 Å². The lowest BCUT2D eigenvalue weighted by atomic mass is 10.1. The van der Waals surface area contributed by atoms with Crippen LogP contribution in [-0.2, 0) is 4.74 Å². The van der Waals surface area contributed by atoms with Crippen LogP contribution in [0, 0.1) is 0 Å². The minimum absolute atomic E-state index is 0. The third kappa shape index (κ3) is 7.53. The van der Waals surface area contributed by atoms with Gasteiger partial charge in [-0.25, -0.2) is 9.97 Å². The van der Waals surface area contributed by atoms with Crippen LogP contribution < -0.4 is 10.2 Å². The molecule has 0 amide bonds. The lowest BCUT2D eigenvalue weighted by Crippen LogP contribution is -2.49. The van der Waals surface area contributed by atoms with Gasteiger partial charge in [-0.05, 0) is 38.8 Å². The number of rotatable bonds is 7. The minimum atomic E-state index is 0. The molecule has 2 aliphatic heterocycles. The summed E-state index contributed by atoms with van der Waals surface area (Å²) in [7, 11) is 1.88. The van der Waals surface area contributed by atoms with Gasteiger partial charge in [0.15, 0.2) is 5.96 Å². The second-order valence-corrected chi connectivity index (χ2v) is 7.35. The number of hydrogen-bond acceptors (Lipinski definition) is 6. The number of likely N-dealkylation sites (tertiary alicyclic amines) is 1. The molecule has 0 atom stereocenters. The van der Waals surface area contributed by atoms with Crippen LogP contribution in [0.15, 0.2) is 23.5 Å². The molecule has 0 bridgehead atoms. The molecule has 8 nitrogen and oxygen atoms in total. The number of guanidine groups is 1. The average molecular weight is 517 g/mol. The Balaban J connectivity index is 0.00000300. The van der Waals surface area contributed by atoms with E-state index in [1.807, 2.05) is 25.5 Å². The van der Waals surface area contributed by atoms with Gasteiger partial charge in [0.05, 0.1) is 6.10 Å². The van der Waals surface area contributed by atoms with Crippen LogP contribution in [0.4, 0.5) is 5.95 Å². The topological polar surface area (TPSA) is 69.1 Å². The van der Waals surface area contributed by atoms with E-state index < -0.39 is 0 Å². The Bertz CT molecular complexity index is 588. The largest absolute Gasteiger partial charge is 0.378 e. The summed E-state index contributed by atoms with van der Waals surface area (Å²) in [4.78, 5) is 20.3. The minimum Gasteiger partial charge on any atom is -0.378 e. The predicted octanol–water partition coefficient (Wildman–Crippen LogP) is 1.68. The fourth-order valence-electron chi connectivity index (χ4n) is 3.93. The Morgan fingerprint density at radius 1 is 1.14 bits per heavy atom. The number of anilines is 1. The van der Waals surface area contributed by atoms with E-state index in [2.05, 4.69) is 41.9 Å². The lowest BCUT2D eigenvalue weighted by Gasteiger charge is -2.35. The SMILES string of the molecule is CCOC1CCN(C(=NC)NCCCN2CCN(c3ncccn3)CC2)CC1.I. The molecule has 1 N–H and O–H groups in total.